The molecule has 144 valence electrons. The molecule has 0 aromatic heterocycles. The standard InChI is InChI=1S/C21H24ClNO4/c1-14(2)12-26-17-10-8-16(9-11-17)21(25)27-13-20(24)23-15(3)18-6-4-5-7-19(18)22/h4-11,14-15H,12-13H2,1-3H3,(H,23,24)/t15-/m0/s1. The van der Waals surface area contributed by atoms with E-state index in [2.05, 4.69) is 19.2 Å². The molecule has 0 radical (unpaired) electrons. The van der Waals surface area contributed by atoms with E-state index in [-0.39, 0.29) is 12.6 Å². The normalized spacial score (nSPS) is 11.7. The Balaban J connectivity index is 1.82. The second-order valence-electron chi connectivity index (χ2n) is 6.62. The zero-order valence-corrected chi connectivity index (χ0v) is 16.5. The van der Waals surface area contributed by atoms with E-state index in [4.69, 9.17) is 21.1 Å². The number of carbonyl (C=O) groups is 2. The molecule has 1 amide bonds. The second kappa shape index (κ2) is 9.97. The Morgan fingerprint density at radius 3 is 2.33 bits per heavy atom. The van der Waals surface area contributed by atoms with Gasteiger partial charge < -0.3 is 14.8 Å². The van der Waals surface area contributed by atoms with Gasteiger partial charge in [-0.1, -0.05) is 43.6 Å². The Morgan fingerprint density at radius 2 is 1.70 bits per heavy atom. The third kappa shape index (κ3) is 6.61. The molecule has 2 aromatic carbocycles. The minimum atomic E-state index is -0.564. The first-order valence-electron chi connectivity index (χ1n) is 8.80. The summed E-state index contributed by atoms with van der Waals surface area (Å²) in [4.78, 5) is 24.1. The smallest absolute Gasteiger partial charge is 0.338 e. The van der Waals surface area contributed by atoms with Crippen LogP contribution in [0.5, 0.6) is 5.75 Å². The highest BCUT2D eigenvalue weighted by molar-refractivity contribution is 6.31. The SMILES string of the molecule is CC(C)COc1ccc(C(=O)OCC(=O)N[C@@H](C)c2ccccc2Cl)cc1. The molecule has 5 nitrogen and oxygen atoms in total. The van der Waals surface area contributed by atoms with Gasteiger partial charge in [0.05, 0.1) is 18.2 Å². The second-order valence-corrected chi connectivity index (χ2v) is 7.02. The van der Waals surface area contributed by atoms with Gasteiger partial charge in [-0.05, 0) is 48.7 Å². The van der Waals surface area contributed by atoms with E-state index in [1.165, 1.54) is 0 Å². The van der Waals surface area contributed by atoms with Crippen LogP contribution in [0, 0.1) is 5.92 Å². The van der Waals surface area contributed by atoms with Crippen molar-refractivity contribution >= 4 is 23.5 Å². The molecule has 0 aliphatic heterocycles. The van der Waals surface area contributed by atoms with E-state index in [1.54, 1.807) is 30.3 Å². The average molecular weight is 390 g/mol. The van der Waals surface area contributed by atoms with Crippen LogP contribution in [0.2, 0.25) is 5.02 Å². The van der Waals surface area contributed by atoms with Crippen LogP contribution in [0.15, 0.2) is 48.5 Å². The summed E-state index contributed by atoms with van der Waals surface area (Å²) in [5.41, 5.74) is 1.16. The summed E-state index contributed by atoms with van der Waals surface area (Å²) in [6.07, 6.45) is 0. The molecule has 0 fully saturated rings. The van der Waals surface area contributed by atoms with E-state index in [1.807, 2.05) is 25.1 Å². The van der Waals surface area contributed by atoms with Gasteiger partial charge in [0.15, 0.2) is 6.61 Å². The predicted molar refractivity (Wildman–Crippen MR) is 105 cm³/mol. The molecule has 1 atom stereocenters. The van der Waals surface area contributed by atoms with Gasteiger partial charge in [0, 0.05) is 5.02 Å². The first-order valence-corrected chi connectivity index (χ1v) is 9.18. The number of benzene rings is 2. The first kappa shape index (κ1) is 20.8. The summed E-state index contributed by atoms with van der Waals surface area (Å²) in [5.74, 6) is 0.145. The summed E-state index contributed by atoms with van der Waals surface area (Å²) < 4.78 is 10.6. The number of rotatable bonds is 8. The van der Waals surface area contributed by atoms with Crippen LogP contribution in [-0.4, -0.2) is 25.1 Å². The van der Waals surface area contributed by atoms with Crippen molar-refractivity contribution in [3.05, 3.63) is 64.7 Å². The Bertz CT molecular complexity index is 774. The van der Waals surface area contributed by atoms with Crippen LogP contribution >= 0.6 is 11.6 Å². The fraction of sp³-hybridized carbons (Fsp3) is 0.333. The lowest BCUT2D eigenvalue weighted by Gasteiger charge is -2.15. The van der Waals surface area contributed by atoms with Crippen molar-refractivity contribution in [2.24, 2.45) is 5.92 Å². The quantitative estimate of drug-likeness (QED) is 0.679. The van der Waals surface area contributed by atoms with Crippen molar-refractivity contribution in [2.75, 3.05) is 13.2 Å². The largest absolute Gasteiger partial charge is 0.493 e. The summed E-state index contributed by atoms with van der Waals surface area (Å²) in [5, 5.41) is 3.33. The van der Waals surface area contributed by atoms with Gasteiger partial charge in [0.2, 0.25) is 0 Å². The van der Waals surface area contributed by atoms with Crippen molar-refractivity contribution in [2.45, 2.75) is 26.8 Å². The van der Waals surface area contributed by atoms with Gasteiger partial charge in [-0.25, -0.2) is 4.79 Å². The van der Waals surface area contributed by atoms with E-state index >= 15 is 0 Å². The molecule has 0 heterocycles. The molecule has 0 aliphatic rings. The molecule has 0 saturated carbocycles. The maximum absolute atomic E-state index is 12.1. The summed E-state index contributed by atoms with van der Waals surface area (Å²) in [7, 11) is 0. The van der Waals surface area contributed by atoms with Crippen LogP contribution in [0.3, 0.4) is 0 Å². The molecule has 2 rings (SSSR count). The molecule has 2 aromatic rings. The first-order chi connectivity index (χ1) is 12.9. The molecule has 0 bridgehead atoms. The number of carbonyl (C=O) groups excluding carboxylic acids is 2. The van der Waals surface area contributed by atoms with Crippen molar-refractivity contribution in [1.82, 2.24) is 5.32 Å². The van der Waals surface area contributed by atoms with Gasteiger partial charge in [0.25, 0.3) is 5.91 Å². The predicted octanol–water partition coefficient (Wildman–Crippen LogP) is 4.41. The molecule has 0 saturated heterocycles. The maximum Gasteiger partial charge on any atom is 0.338 e. The van der Waals surface area contributed by atoms with Crippen LogP contribution in [0.1, 0.15) is 42.7 Å². The summed E-state index contributed by atoms with van der Waals surface area (Å²) in [6, 6.07) is 13.6. The number of amides is 1. The zero-order chi connectivity index (χ0) is 19.8. The minimum absolute atomic E-state index is 0.290. The lowest BCUT2D eigenvalue weighted by molar-refractivity contribution is -0.124. The molecule has 6 heteroatoms. The summed E-state index contributed by atoms with van der Waals surface area (Å²) >= 11 is 6.12. The monoisotopic (exact) mass is 389 g/mol. The number of halogens is 1. The van der Waals surface area contributed by atoms with Gasteiger partial charge in [-0.3, -0.25) is 4.79 Å². The molecule has 27 heavy (non-hydrogen) atoms. The van der Waals surface area contributed by atoms with Crippen LogP contribution in [0.25, 0.3) is 0 Å². The highest BCUT2D eigenvalue weighted by atomic mass is 35.5. The van der Waals surface area contributed by atoms with Crippen molar-refractivity contribution in [3.8, 4) is 5.75 Å². The number of esters is 1. The molecule has 1 N–H and O–H groups in total. The average Bonchev–Trinajstić information content (AvgIpc) is 2.65. The van der Waals surface area contributed by atoms with Crippen molar-refractivity contribution in [3.63, 3.8) is 0 Å². The maximum atomic E-state index is 12.1. The van der Waals surface area contributed by atoms with E-state index < -0.39 is 11.9 Å². The highest BCUT2D eigenvalue weighted by Crippen LogP contribution is 2.22. The van der Waals surface area contributed by atoms with Gasteiger partial charge in [-0.2, -0.15) is 0 Å². The molecule has 0 unspecified atom stereocenters. The highest BCUT2D eigenvalue weighted by Gasteiger charge is 2.15. The summed E-state index contributed by atoms with van der Waals surface area (Å²) in [6.45, 7) is 6.18. The topological polar surface area (TPSA) is 64.6 Å². The fourth-order valence-corrected chi connectivity index (χ4v) is 2.65. The van der Waals surface area contributed by atoms with Gasteiger partial charge in [0.1, 0.15) is 5.75 Å². The Hall–Kier alpha value is -2.53. The van der Waals surface area contributed by atoms with Crippen LogP contribution in [-0.2, 0) is 9.53 Å². The molecule has 0 spiro atoms. The number of hydrogen-bond acceptors (Lipinski definition) is 4. The Morgan fingerprint density at radius 1 is 1.04 bits per heavy atom. The zero-order valence-electron chi connectivity index (χ0n) is 15.7. The van der Waals surface area contributed by atoms with E-state index in [0.29, 0.717) is 28.9 Å². The Kier molecular flexibility index (Phi) is 7.67. The minimum Gasteiger partial charge on any atom is -0.493 e. The van der Waals surface area contributed by atoms with Crippen LogP contribution < -0.4 is 10.1 Å². The third-order valence-corrected chi connectivity index (χ3v) is 4.10. The molecule has 0 aliphatic carbocycles. The number of hydrogen-bond donors (Lipinski definition) is 1. The lowest BCUT2D eigenvalue weighted by Crippen LogP contribution is -2.31. The Labute approximate surface area is 164 Å². The number of nitrogens with one attached hydrogen (secondary N) is 1. The van der Waals surface area contributed by atoms with Crippen molar-refractivity contribution < 1.29 is 19.1 Å². The third-order valence-electron chi connectivity index (χ3n) is 3.76. The fourth-order valence-electron chi connectivity index (χ4n) is 2.35. The van der Waals surface area contributed by atoms with Crippen LogP contribution in [0.4, 0.5) is 0 Å². The van der Waals surface area contributed by atoms with E-state index in [9.17, 15) is 9.59 Å². The van der Waals surface area contributed by atoms with E-state index in [0.717, 1.165) is 5.56 Å². The lowest BCUT2D eigenvalue weighted by atomic mass is 10.1. The molecular weight excluding hydrogens is 366 g/mol. The van der Waals surface area contributed by atoms with Gasteiger partial charge in [-0.15, -0.1) is 0 Å². The number of ether oxygens (including phenoxy) is 2. The molecular formula is C21H24ClNO4. The van der Waals surface area contributed by atoms with Crippen molar-refractivity contribution in [1.29, 1.82) is 0 Å². The van der Waals surface area contributed by atoms with Gasteiger partial charge >= 0.3 is 5.97 Å².